The SMILES string of the molecule is Cc1cc(C(=O)NCCCC(C)CO)cc([N+](=O)[O-])c1. The number of aliphatic hydroxyl groups excluding tert-OH is 1. The fourth-order valence-corrected chi connectivity index (χ4v) is 1.85. The highest BCUT2D eigenvalue weighted by Crippen LogP contribution is 2.16. The number of nitro groups is 1. The number of non-ortho nitro benzene ring substituents is 1. The Morgan fingerprint density at radius 1 is 1.45 bits per heavy atom. The van der Waals surface area contributed by atoms with Gasteiger partial charge < -0.3 is 10.4 Å². The highest BCUT2D eigenvalue weighted by Gasteiger charge is 2.13. The average Bonchev–Trinajstić information content (AvgIpc) is 2.42. The Bertz CT molecular complexity index is 488. The third-order valence-corrected chi connectivity index (χ3v) is 3.01. The smallest absolute Gasteiger partial charge is 0.270 e. The second-order valence-corrected chi connectivity index (χ2v) is 5.00. The minimum Gasteiger partial charge on any atom is -0.396 e. The summed E-state index contributed by atoms with van der Waals surface area (Å²) in [6, 6.07) is 4.33. The molecule has 0 heterocycles. The first-order valence-electron chi connectivity index (χ1n) is 6.59. The molecule has 0 aliphatic carbocycles. The number of rotatable bonds is 7. The van der Waals surface area contributed by atoms with Crippen LogP contribution in [0.3, 0.4) is 0 Å². The molecule has 6 nitrogen and oxygen atoms in total. The second-order valence-electron chi connectivity index (χ2n) is 5.00. The molecule has 6 heteroatoms. The highest BCUT2D eigenvalue weighted by molar-refractivity contribution is 5.95. The molecule has 0 radical (unpaired) electrons. The van der Waals surface area contributed by atoms with E-state index in [1.165, 1.54) is 12.1 Å². The van der Waals surface area contributed by atoms with E-state index in [2.05, 4.69) is 5.32 Å². The molecule has 0 aliphatic rings. The molecule has 1 aromatic carbocycles. The van der Waals surface area contributed by atoms with E-state index < -0.39 is 4.92 Å². The minimum absolute atomic E-state index is 0.0796. The summed E-state index contributed by atoms with van der Waals surface area (Å²) in [6.45, 7) is 4.28. The summed E-state index contributed by atoms with van der Waals surface area (Å²) < 4.78 is 0. The Hall–Kier alpha value is -1.95. The van der Waals surface area contributed by atoms with Crippen molar-refractivity contribution in [2.45, 2.75) is 26.7 Å². The minimum atomic E-state index is -0.507. The molecule has 1 rings (SSSR count). The number of aliphatic hydroxyl groups is 1. The van der Waals surface area contributed by atoms with Gasteiger partial charge in [-0.05, 0) is 37.3 Å². The first-order valence-corrected chi connectivity index (χ1v) is 6.59. The van der Waals surface area contributed by atoms with Crippen LogP contribution in [0.5, 0.6) is 0 Å². The van der Waals surface area contributed by atoms with Crippen LogP contribution in [-0.4, -0.2) is 29.1 Å². The van der Waals surface area contributed by atoms with Crippen molar-refractivity contribution in [1.29, 1.82) is 0 Å². The maximum absolute atomic E-state index is 11.9. The van der Waals surface area contributed by atoms with E-state index in [-0.39, 0.29) is 24.1 Å². The van der Waals surface area contributed by atoms with Crippen molar-refractivity contribution in [2.24, 2.45) is 5.92 Å². The van der Waals surface area contributed by atoms with E-state index in [9.17, 15) is 14.9 Å². The molecule has 1 aromatic rings. The van der Waals surface area contributed by atoms with Crippen molar-refractivity contribution in [3.63, 3.8) is 0 Å². The van der Waals surface area contributed by atoms with Gasteiger partial charge in [-0.1, -0.05) is 6.92 Å². The molecular weight excluding hydrogens is 260 g/mol. The zero-order chi connectivity index (χ0) is 15.1. The van der Waals surface area contributed by atoms with Crippen molar-refractivity contribution in [3.05, 3.63) is 39.4 Å². The van der Waals surface area contributed by atoms with Crippen LogP contribution in [-0.2, 0) is 0 Å². The number of nitrogens with zero attached hydrogens (tertiary/aromatic N) is 1. The number of carbonyl (C=O) groups is 1. The van der Waals surface area contributed by atoms with Gasteiger partial charge in [0.25, 0.3) is 11.6 Å². The lowest BCUT2D eigenvalue weighted by molar-refractivity contribution is -0.384. The van der Waals surface area contributed by atoms with Crippen molar-refractivity contribution < 1.29 is 14.8 Å². The van der Waals surface area contributed by atoms with Gasteiger partial charge in [0.05, 0.1) is 4.92 Å². The number of nitrogens with one attached hydrogen (secondary N) is 1. The maximum Gasteiger partial charge on any atom is 0.270 e. The van der Waals surface area contributed by atoms with Gasteiger partial charge in [0.15, 0.2) is 0 Å². The predicted octanol–water partition coefficient (Wildman–Crippen LogP) is 2.04. The molecule has 0 aliphatic heterocycles. The van der Waals surface area contributed by atoms with E-state index >= 15 is 0 Å². The van der Waals surface area contributed by atoms with E-state index in [4.69, 9.17) is 5.11 Å². The average molecular weight is 280 g/mol. The summed E-state index contributed by atoms with van der Waals surface area (Å²) in [4.78, 5) is 22.1. The zero-order valence-electron chi connectivity index (χ0n) is 11.8. The Morgan fingerprint density at radius 3 is 2.75 bits per heavy atom. The summed E-state index contributed by atoms with van der Waals surface area (Å²) in [5, 5.41) is 22.4. The predicted molar refractivity (Wildman–Crippen MR) is 75.7 cm³/mol. The molecule has 0 aromatic heterocycles. The standard InChI is InChI=1S/C14H20N2O4/c1-10(9-17)4-3-5-15-14(18)12-6-11(2)7-13(8-12)16(19)20/h6-8,10,17H,3-5,9H2,1-2H3,(H,15,18). The van der Waals surface area contributed by atoms with Crippen molar-refractivity contribution in [3.8, 4) is 0 Å². The van der Waals surface area contributed by atoms with Gasteiger partial charge in [0.2, 0.25) is 0 Å². The van der Waals surface area contributed by atoms with Crippen LogP contribution in [0.1, 0.15) is 35.7 Å². The van der Waals surface area contributed by atoms with Crippen molar-refractivity contribution in [2.75, 3.05) is 13.2 Å². The first kappa shape index (κ1) is 16.1. The summed E-state index contributed by atoms with van der Waals surface area (Å²) in [6.07, 6.45) is 1.59. The highest BCUT2D eigenvalue weighted by atomic mass is 16.6. The molecule has 2 N–H and O–H groups in total. The Balaban J connectivity index is 2.57. The summed E-state index contributed by atoms with van der Waals surface area (Å²) in [7, 11) is 0. The lowest BCUT2D eigenvalue weighted by Crippen LogP contribution is -2.25. The third-order valence-electron chi connectivity index (χ3n) is 3.01. The molecule has 20 heavy (non-hydrogen) atoms. The van der Waals surface area contributed by atoms with E-state index in [1.807, 2.05) is 6.92 Å². The number of nitro benzene ring substituents is 1. The van der Waals surface area contributed by atoms with Gasteiger partial charge in [-0.2, -0.15) is 0 Å². The monoisotopic (exact) mass is 280 g/mol. The Labute approximate surface area is 118 Å². The lowest BCUT2D eigenvalue weighted by atomic mass is 10.1. The summed E-state index contributed by atoms with van der Waals surface area (Å²) in [5.74, 6) is -0.0968. The number of benzene rings is 1. The number of hydrogen-bond acceptors (Lipinski definition) is 4. The van der Waals surface area contributed by atoms with Crippen molar-refractivity contribution in [1.82, 2.24) is 5.32 Å². The maximum atomic E-state index is 11.9. The fraction of sp³-hybridized carbons (Fsp3) is 0.500. The van der Waals surface area contributed by atoms with Gasteiger partial charge >= 0.3 is 0 Å². The van der Waals surface area contributed by atoms with Crippen molar-refractivity contribution >= 4 is 11.6 Å². The van der Waals surface area contributed by atoms with Gasteiger partial charge in [0, 0.05) is 30.8 Å². The van der Waals surface area contributed by atoms with Crippen LogP contribution in [0.25, 0.3) is 0 Å². The largest absolute Gasteiger partial charge is 0.396 e. The van der Waals surface area contributed by atoms with Crippen LogP contribution in [0.2, 0.25) is 0 Å². The molecule has 0 bridgehead atoms. The molecule has 0 saturated carbocycles. The van der Waals surface area contributed by atoms with E-state index in [0.29, 0.717) is 17.7 Å². The quantitative estimate of drug-likeness (QED) is 0.454. The molecule has 1 unspecified atom stereocenters. The Morgan fingerprint density at radius 2 is 2.15 bits per heavy atom. The van der Waals surface area contributed by atoms with Crippen LogP contribution >= 0.6 is 0 Å². The zero-order valence-corrected chi connectivity index (χ0v) is 11.8. The normalized spacial score (nSPS) is 11.9. The van der Waals surface area contributed by atoms with Crippen LogP contribution in [0, 0.1) is 23.0 Å². The number of carbonyl (C=O) groups excluding carboxylic acids is 1. The molecule has 110 valence electrons. The lowest BCUT2D eigenvalue weighted by Gasteiger charge is -2.09. The summed E-state index contributed by atoms with van der Waals surface area (Å²) in [5.41, 5.74) is 0.897. The third kappa shape index (κ3) is 4.97. The fourth-order valence-electron chi connectivity index (χ4n) is 1.85. The molecule has 0 spiro atoms. The number of hydrogen-bond donors (Lipinski definition) is 2. The molecule has 0 fully saturated rings. The Kier molecular flexibility index (Phi) is 6.11. The molecule has 0 saturated heterocycles. The van der Waals surface area contributed by atoms with Gasteiger partial charge in [0.1, 0.15) is 0 Å². The molecule has 1 atom stereocenters. The van der Waals surface area contributed by atoms with Crippen LogP contribution in [0.15, 0.2) is 18.2 Å². The van der Waals surface area contributed by atoms with Crippen LogP contribution < -0.4 is 5.32 Å². The summed E-state index contributed by atoms with van der Waals surface area (Å²) >= 11 is 0. The van der Waals surface area contributed by atoms with Gasteiger partial charge in [-0.15, -0.1) is 0 Å². The van der Waals surface area contributed by atoms with Gasteiger partial charge in [-0.3, -0.25) is 14.9 Å². The topological polar surface area (TPSA) is 92.5 Å². The van der Waals surface area contributed by atoms with Gasteiger partial charge in [-0.25, -0.2) is 0 Å². The first-order chi connectivity index (χ1) is 9.43. The van der Waals surface area contributed by atoms with E-state index in [0.717, 1.165) is 12.8 Å². The number of aryl methyl sites for hydroxylation is 1. The molecular formula is C14H20N2O4. The van der Waals surface area contributed by atoms with E-state index in [1.54, 1.807) is 13.0 Å². The second kappa shape index (κ2) is 7.59. The molecule has 1 amide bonds. The van der Waals surface area contributed by atoms with Crippen LogP contribution in [0.4, 0.5) is 5.69 Å². The number of amides is 1.